The van der Waals surface area contributed by atoms with Crippen molar-refractivity contribution in [2.75, 3.05) is 13.1 Å². The molecule has 0 bridgehead atoms. The Morgan fingerprint density at radius 1 is 1.23 bits per heavy atom. The smallest absolute Gasteiger partial charge is 0.227 e. The van der Waals surface area contributed by atoms with Crippen molar-refractivity contribution >= 4 is 27.8 Å². The summed E-state index contributed by atoms with van der Waals surface area (Å²) in [5, 5.41) is 6.16. The van der Waals surface area contributed by atoms with Crippen LogP contribution in [0, 0.1) is 11.7 Å². The van der Waals surface area contributed by atoms with E-state index in [1.807, 2.05) is 17.3 Å². The van der Waals surface area contributed by atoms with Gasteiger partial charge in [0.05, 0.1) is 11.6 Å². The van der Waals surface area contributed by atoms with Crippen LogP contribution in [0.25, 0.3) is 33.3 Å². The Morgan fingerprint density at radius 3 is 2.94 bits per heavy atom. The van der Waals surface area contributed by atoms with Crippen molar-refractivity contribution in [3.63, 3.8) is 0 Å². The number of pyridine rings is 1. The molecule has 1 fully saturated rings. The first-order valence-electron chi connectivity index (χ1n) is 11.9. The average molecular weight is 473 g/mol. The maximum absolute atomic E-state index is 13.2. The minimum absolute atomic E-state index is 0.0772. The summed E-state index contributed by atoms with van der Waals surface area (Å²) >= 11 is 0. The highest BCUT2D eigenvalue weighted by atomic mass is 19.1. The number of hydrogen-bond acceptors (Lipinski definition) is 5. The number of aryl methyl sites for hydroxylation is 1. The minimum Gasteiger partial charge on any atom is -0.346 e. The number of hydrogen-bond donors (Lipinski definition) is 1. The Balaban J connectivity index is 1.16. The van der Waals surface area contributed by atoms with Crippen LogP contribution in [0.3, 0.4) is 0 Å². The van der Waals surface area contributed by atoms with E-state index in [-0.39, 0.29) is 17.8 Å². The molecule has 1 N–H and O–H groups in total. The van der Waals surface area contributed by atoms with Gasteiger partial charge in [-0.05, 0) is 48.7 Å². The molecule has 35 heavy (non-hydrogen) atoms. The van der Waals surface area contributed by atoms with E-state index < -0.39 is 0 Å². The number of rotatable bonds is 5. The van der Waals surface area contributed by atoms with Crippen molar-refractivity contribution in [2.45, 2.75) is 32.2 Å². The summed E-state index contributed by atoms with van der Waals surface area (Å²) in [4.78, 5) is 27.1. The average Bonchev–Trinajstić information content (AvgIpc) is 3.62. The van der Waals surface area contributed by atoms with Crippen molar-refractivity contribution < 1.29 is 13.7 Å². The van der Waals surface area contributed by atoms with Gasteiger partial charge in [0.25, 0.3) is 0 Å². The van der Waals surface area contributed by atoms with E-state index in [4.69, 9.17) is 4.52 Å². The molecule has 9 heteroatoms. The zero-order valence-electron chi connectivity index (χ0n) is 19.3. The first-order valence-corrected chi connectivity index (χ1v) is 11.9. The van der Waals surface area contributed by atoms with Gasteiger partial charge in [-0.15, -0.1) is 0 Å². The molecule has 5 aromatic rings. The van der Waals surface area contributed by atoms with Crippen molar-refractivity contribution in [1.82, 2.24) is 29.6 Å². The molecule has 0 unspecified atom stereocenters. The topological polar surface area (TPSA) is 92.8 Å². The first kappa shape index (κ1) is 21.5. The molecule has 1 aliphatic rings. The lowest BCUT2D eigenvalue weighted by Crippen LogP contribution is -2.43. The van der Waals surface area contributed by atoms with Gasteiger partial charge in [-0.1, -0.05) is 12.1 Å². The molecule has 178 valence electrons. The third kappa shape index (κ3) is 3.96. The number of halogens is 1. The van der Waals surface area contributed by atoms with Crippen LogP contribution in [0.1, 0.15) is 31.7 Å². The molecular formula is C26H25FN6O2. The molecule has 0 spiro atoms. The van der Waals surface area contributed by atoms with Gasteiger partial charge < -0.3 is 19.0 Å². The fourth-order valence-corrected chi connectivity index (χ4v) is 5.01. The number of aromatic nitrogens is 5. The Hall–Kier alpha value is -4.01. The second kappa shape index (κ2) is 8.65. The maximum Gasteiger partial charge on any atom is 0.227 e. The van der Waals surface area contributed by atoms with Crippen LogP contribution in [0.15, 0.2) is 59.5 Å². The number of nitrogens with zero attached hydrogens (tertiary/aromatic N) is 5. The minimum atomic E-state index is -0.320. The Labute approximate surface area is 200 Å². The predicted octanol–water partition coefficient (Wildman–Crippen LogP) is 4.75. The number of fused-ring (bicyclic) bond motifs is 3. The first-order chi connectivity index (χ1) is 17.1. The standard InChI is InChI=1S/C26H25FN6O2/c1-16-9-12-32(15-21(16)33-13-10-18-14-29-26-20(24(18)33)8-11-28-26)23(34)7-6-22-30-25(31-35-22)17-2-4-19(27)5-3-17/h2-5,8,10-11,13-14,16,21H,6-7,9,12,15H2,1H3,(H,28,29)/t16-,21+/m1/s1. The summed E-state index contributed by atoms with van der Waals surface area (Å²) in [6.45, 7) is 3.65. The highest BCUT2D eigenvalue weighted by molar-refractivity contribution is 6.02. The van der Waals surface area contributed by atoms with Crippen LogP contribution < -0.4 is 0 Å². The number of nitrogens with one attached hydrogen (secondary N) is 1. The zero-order chi connectivity index (χ0) is 23.9. The van der Waals surface area contributed by atoms with Gasteiger partial charge in [-0.2, -0.15) is 4.98 Å². The van der Waals surface area contributed by atoms with E-state index in [0.717, 1.165) is 34.9 Å². The number of carbonyl (C=O) groups excluding carboxylic acids is 1. The fourth-order valence-electron chi connectivity index (χ4n) is 5.01. The van der Waals surface area contributed by atoms with E-state index in [0.29, 0.717) is 42.6 Å². The van der Waals surface area contributed by atoms with Gasteiger partial charge in [-0.3, -0.25) is 4.79 Å². The summed E-state index contributed by atoms with van der Waals surface area (Å²) in [6, 6.07) is 10.2. The zero-order valence-corrected chi connectivity index (χ0v) is 19.3. The quantitative estimate of drug-likeness (QED) is 0.399. The van der Waals surface area contributed by atoms with Crippen molar-refractivity contribution in [3.8, 4) is 11.4 Å². The molecule has 2 atom stereocenters. The largest absolute Gasteiger partial charge is 0.346 e. The number of piperidine rings is 1. The third-order valence-electron chi connectivity index (χ3n) is 7.01. The molecule has 5 heterocycles. The number of benzene rings is 1. The van der Waals surface area contributed by atoms with Crippen LogP contribution in [-0.4, -0.2) is 48.6 Å². The number of aromatic amines is 1. The maximum atomic E-state index is 13.2. The molecule has 6 rings (SSSR count). The highest BCUT2D eigenvalue weighted by Crippen LogP contribution is 2.34. The molecule has 0 aliphatic carbocycles. The van der Waals surface area contributed by atoms with Gasteiger partial charge in [0.1, 0.15) is 11.5 Å². The summed E-state index contributed by atoms with van der Waals surface area (Å²) in [7, 11) is 0. The molecule has 0 radical (unpaired) electrons. The predicted molar refractivity (Wildman–Crippen MR) is 129 cm³/mol. The molecule has 1 aliphatic heterocycles. The number of likely N-dealkylation sites (tertiary alicyclic amines) is 1. The van der Waals surface area contributed by atoms with Crippen LogP contribution in [0.5, 0.6) is 0 Å². The number of amides is 1. The van der Waals surface area contributed by atoms with E-state index in [1.54, 1.807) is 12.1 Å². The van der Waals surface area contributed by atoms with Crippen molar-refractivity contribution in [3.05, 3.63) is 66.7 Å². The van der Waals surface area contributed by atoms with Crippen LogP contribution in [-0.2, 0) is 11.2 Å². The van der Waals surface area contributed by atoms with E-state index >= 15 is 0 Å². The lowest BCUT2D eigenvalue weighted by molar-refractivity contribution is -0.133. The summed E-state index contributed by atoms with van der Waals surface area (Å²) < 4.78 is 20.8. The van der Waals surface area contributed by atoms with Gasteiger partial charge in [-0.25, -0.2) is 9.37 Å². The van der Waals surface area contributed by atoms with Gasteiger partial charge in [0.15, 0.2) is 0 Å². The molecule has 4 aromatic heterocycles. The Morgan fingerprint density at radius 2 is 2.09 bits per heavy atom. The number of H-pyrrole nitrogens is 1. The van der Waals surface area contributed by atoms with E-state index in [1.165, 1.54) is 12.1 Å². The number of carbonyl (C=O) groups is 1. The van der Waals surface area contributed by atoms with Crippen LogP contribution in [0.4, 0.5) is 4.39 Å². The molecular weight excluding hydrogens is 447 g/mol. The second-order valence-electron chi connectivity index (χ2n) is 9.22. The lowest BCUT2D eigenvalue weighted by Gasteiger charge is -2.38. The van der Waals surface area contributed by atoms with E-state index in [2.05, 4.69) is 49.9 Å². The normalized spacial score (nSPS) is 18.5. The Kier molecular flexibility index (Phi) is 5.32. The second-order valence-corrected chi connectivity index (χ2v) is 9.22. The SMILES string of the molecule is C[C@@H]1CCN(C(=O)CCc2nc(-c3ccc(F)cc3)no2)C[C@@H]1n1ccc2cnc3[nH]ccc3c21. The molecule has 1 saturated heterocycles. The highest BCUT2D eigenvalue weighted by Gasteiger charge is 2.31. The van der Waals surface area contributed by atoms with Crippen LogP contribution >= 0.6 is 0 Å². The molecule has 8 nitrogen and oxygen atoms in total. The summed E-state index contributed by atoms with van der Waals surface area (Å²) in [5.74, 6) is 0.987. The third-order valence-corrected chi connectivity index (χ3v) is 7.01. The molecule has 0 saturated carbocycles. The summed E-state index contributed by atoms with van der Waals surface area (Å²) in [5.41, 5.74) is 2.70. The van der Waals surface area contributed by atoms with Crippen LogP contribution in [0.2, 0.25) is 0 Å². The van der Waals surface area contributed by atoms with Crippen molar-refractivity contribution in [2.24, 2.45) is 5.92 Å². The molecule has 1 amide bonds. The van der Waals surface area contributed by atoms with Gasteiger partial charge in [0.2, 0.25) is 17.6 Å². The fraction of sp³-hybridized carbons (Fsp3) is 0.308. The Bertz CT molecular complexity index is 1500. The van der Waals surface area contributed by atoms with Gasteiger partial charge in [0, 0.05) is 60.9 Å². The van der Waals surface area contributed by atoms with E-state index in [9.17, 15) is 9.18 Å². The van der Waals surface area contributed by atoms with Gasteiger partial charge >= 0.3 is 0 Å². The summed E-state index contributed by atoms with van der Waals surface area (Å²) in [6.07, 6.45) is 7.52. The molecule has 1 aromatic carbocycles. The monoisotopic (exact) mass is 472 g/mol. The lowest BCUT2D eigenvalue weighted by atomic mass is 9.92. The van der Waals surface area contributed by atoms with Crippen molar-refractivity contribution in [1.29, 1.82) is 0 Å².